The molecule has 1 saturated carbocycles. The van der Waals surface area contributed by atoms with Crippen molar-refractivity contribution in [2.45, 2.75) is 19.4 Å². The molecule has 6 heteroatoms. The lowest BCUT2D eigenvalue weighted by molar-refractivity contribution is -0.134. The molecule has 124 valence electrons. The number of halogens is 2. The summed E-state index contributed by atoms with van der Waals surface area (Å²) in [4.78, 5) is 24.9. The first-order valence-corrected chi connectivity index (χ1v) is 8.35. The molecule has 0 aliphatic heterocycles. The lowest BCUT2D eigenvalue weighted by Crippen LogP contribution is -2.39. The largest absolute Gasteiger partial charge is 0.351 e. The van der Waals surface area contributed by atoms with E-state index in [-0.39, 0.29) is 11.8 Å². The third-order valence-electron chi connectivity index (χ3n) is 4.09. The fraction of sp³-hybridized carbons (Fsp3) is 0.222. The topological polar surface area (TPSA) is 58.2 Å². The number of anilines is 1. The smallest absolute Gasteiger partial charge is 0.240 e. The first kappa shape index (κ1) is 16.8. The van der Waals surface area contributed by atoms with Gasteiger partial charge < -0.3 is 10.6 Å². The third kappa shape index (κ3) is 3.71. The molecule has 2 aromatic rings. The maximum Gasteiger partial charge on any atom is 0.240 e. The first-order chi connectivity index (χ1) is 11.5. The van der Waals surface area contributed by atoms with Gasteiger partial charge >= 0.3 is 0 Å². The quantitative estimate of drug-likeness (QED) is 0.788. The second kappa shape index (κ2) is 6.83. The summed E-state index contributed by atoms with van der Waals surface area (Å²) < 4.78 is 0. The van der Waals surface area contributed by atoms with Crippen molar-refractivity contribution in [3.63, 3.8) is 0 Å². The summed E-state index contributed by atoms with van der Waals surface area (Å²) in [7, 11) is 0. The lowest BCUT2D eigenvalue weighted by atomic mass is 10.0. The molecule has 2 aromatic carbocycles. The van der Waals surface area contributed by atoms with Gasteiger partial charge in [-0.1, -0.05) is 35.3 Å². The second-order valence-corrected chi connectivity index (χ2v) is 6.73. The van der Waals surface area contributed by atoms with E-state index in [1.165, 1.54) is 0 Å². The molecule has 0 saturated heterocycles. The van der Waals surface area contributed by atoms with E-state index in [1.807, 2.05) is 12.1 Å². The highest BCUT2D eigenvalue weighted by Crippen LogP contribution is 2.46. The first-order valence-electron chi connectivity index (χ1n) is 7.59. The van der Waals surface area contributed by atoms with Crippen LogP contribution in [-0.2, 0) is 16.1 Å². The van der Waals surface area contributed by atoms with E-state index < -0.39 is 5.41 Å². The van der Waals surface area contributed by atoms with E-state index in [4.69, 9.17) is 23.2 Å². The highest BCUT2D eigenvalue weighted by molar-refractivity contribution is 6.30. The molecule has 3 rings (SSSR count). The molecule has 24 heavy (non-hydrogen) atoms. The number of hydrogen-bond acceptors (Lipinski definition) is 2. The number of benzene rings is 2. The summed E-state index contributed by atoms with van der Waals surface area (Å²) in [6, 6.07) is 14.0. The Balaban J connectivity index is 1.60. The van der Waals surface area contributed by atoms with Crippen molar-refractivity contribution in [3.8, 4) is 0 Å². The van der Waals surface area contributed by atoms with Crippen molar-refractivity contribution in [2.24, 2.45) is 5.41 Å². The van der Waals surface area contributed by atoms with Crippen molar-refractivity contribution in [3.05, 3.63) is 64.1 Å². The van der Waals surface area contributed by atoms with Crippen LogP contribution in [0.25, 0.3) is 0 Å². The number of carbonyl (C=O) groups is 2. The van der Waals surface area contributed by atoms with Crippen LogP contribution in [0.4, 0.5) is 5.69 Å². The van der Waals surface area contributed by atoms with Crippen LogP contribution in [0.15, 0.2) is 48.5 Å². The number of carbonyl (C=O) groups excluding carboxylic acids is 2. The van der Waals surface area contributed by atoms with Gasteiger partial charge in [0.2, 0.25) is 11.8 Å². The average molecular weight is 363 g/mol. The fourth-order valence-electron chi connectivity index (χ4n) is 2.42. The van der Waals surface area contributed by atoms with E-state index >= 15 is 0 Å². The minimum absolute atomic E-state index is 0.246. The summed E-state index contributed by atoms with van der Waals surface area (Å²) in [6.07, 6.45) is 1.11. The summed E-state index contributed by atoms with van der Waals surface area (Å²) in [5.41, 5.74) is 0.592. The molecule has 0 heterocycles. The van der Waals surface area contributed by atoms with Gasteiger partial charge in [0.1, 0.15) is 5.41 Å². The molecule has 1 aliphatic rings. The lowest BCUT2D eigenvalue weighted by Gasteiger charge is -2.15. The van der Waals surface area contributed by atoms with Gasteiger partial charge in [0.05, 0.1) is 0 Å². The van der Waals surface area contributed by atoms with Crippen molar-refractivity contribution in [2.75, 3.05) is 5.32 Å². The number of hydrogen-bond donors (Lipinski definition) is 2. The van der Waals surface area contributed by atoms with Gasteiger partial charge in [-0.2, -0.15) is 0 Å². The second-order valence-electron chi connectivity index (χ2n) is 5.85. The van der Waals surface area contributed by atoms with E-state index in [1.54, 1.807) is 36.4 Å². The highest BCUT2D eigenvalue weighted by atomic mass is 35.5. The van der Waals surface area contributed by atoms with Crippen molar-refractivity contribution in [1.82, 2.24) is 5.32 Å². The molecule has 0 unspecified atom stereocenters. The van der Waals surface area contributed by atoms with E-state index in [9.17, 15) is 9.59 Å². The number of nitrogens with one attached hydrogen (secondary N) is 2. The molecule has 2 amide bonds. The molecule has 0 radical (unpaired) electrons. The molecule has 1 fully saturated rings. The average Bonchev–Trinajstić information content (AvgIpc) is 3.38. The fourth-order valence-corrected chi connectivity index (χ4v) is 2.67. The summed E-state index contributed by atoms with van der Waals surface area (Å²) in [5, 5.41) is 6.85. The van der Waals surface area contributed by atoms with E-state index in [0.717, 1.165) is 5.56 Å². The van der Waals surface area contributed by atoms with Gasteiger partial charge in [0.25, 0.3) is 0 Å². The molecule has 2 N–H and O–H groups in total. The van der Waals surface area contributed by atoms with Crippen LogP contribution in [0, 0.1) is 5.41 Å². The van der Waals surface area contributed by atoms with Crippen LogP contribution in [0.3, 0.4) is 0 Å². The Hall–Kier alpha value is -2.04. The van der Waals surface area contributed by atoms with E-state index in [2.05, 4.69) is 10.6 Å². The SMILES string of the molecule is O=C(NCc1ccc(Cl)cc1)C1(C(=O)Nc2ccc(Cl)cc2)CC1. The molecular formula is C18H16Cl2N2O2. The zero-order valence-electron chi connectivity index (χ0n) is 12.8. The normalized spacial score (nSPS) is 14.8. The standard InChI is InChI=1S/C18H16Cl2N2O2/c19-13-3-1-12(2-4-13)11-21-16(23)18(9-10-18)17(24)22-15-7-5-14(20)6-8-15/h1-8H,9-11H2,(H,21,23)(H,22,24). The van der Waals surface area contributed by atoms with Crippen LogP contribution >= 0.6 is 23.2 Å². The van der Waals surface area contributed by atoms with E-state index in [0.29, 0.717) is 35.1 Å². The zero-order valence-corrected chi connectivity index (χ0v) is 14.3. The minimum atomic E-state index is -0.966. The van der Waals surface area contributed by atoms with Crippen LogP contribution in [-0.4, -0.2) is 11.8 Å². The van der Waals surface area contributed by atoms with Crippen LogP contribution in [0.2, 0.25) is 10.0 Å². The Morgan fingerprint density at radius 3 is 1.96 bits per heavy atom. The molecule has 4 nitrogen and oxygen atoms in total. The summed E-state index contributed by atoms with van der Waals surface area (Å²) in [6.45, 7) is 0.367. The predicted molar refractivity (Wildman–Crippen MR) is 95.0 cm³/mol. The molecule has 0 aromatic heterocycles. The van der Waals surface area contributed by atoms with Crippen molar-refractivity contribution >= 4 is 40.7 Å². The molecule has 1 aliphatic carbocycles. The molecule has 0 spiro atoms. The maximum absolute atomic E-state index is 12.5. The van der Waals surface area contributed by atoms with Gasteiger partial charge in [0, 0.05) is 22.3 Å². The van der Waals surface area contributed by atoms with Crippen molar-refractivity contribution in [1.29, 1.82) is 0 Å². The zero-order chi connectivity index (χ0) is 17.2. The van der Waals surface area contributed by atoms with Crippen LogP contribution in [0.1, 0.15) is 18.4 Å². The van der Waals surface area contributed by atoms with Gasteiger partial charge in [-0.05, 0) is 54.8 Å². The van der Waals surface area contributed by atoms with Gasteiger partial charge in [-0.3, -0.25) is 9.59 Å². The van der Waals surface area contributed by atoms with Crippen LogP contribution in [0.5, 0.6) is 0 Å². The molecule has 0 atom stereocenters. The molecular weight excluding hydrogens is 347 g/mol. The highest BCUT2D eigenvalue weighted by Gasteiger charge is 2.56. The Morgan fingerprint density at radius 1 is 0.875 bits per heavy atom. The Morgan fingerprint density at radius 2 is 1.42 bits per heavy atom. The van der Waals surface area contributed by atoms with Gasteiger partial charge in [0.15, 0.2) is 0 Å². The van der Waals surface area contributed by atoms with Gasteiger partial charge in [-0.15, -0.1) is 0 Å². The maximum atomic E-state index is 12.5. The number of rotatable bonds is 5. The third-order valence-corrected chi connectivity index (χ3v) is 4.59. The summed E-state index contributed by atoms with van der Waals surface area (Å²) >= 11 is 11.7. The Bertz CT molecular complexity index is 754. The van der Waals surface area contributed by atoms with Crippen molar-refractivity contribution < 1.29 is 9.59 Å². The number of amides is 2. The van der Waals surface area contributed by atoms with Gasteiger partial charge in [-0.25, -0.2) is 0 Å². The Labute approximate surface area is 150 Å². The molecule has 0 bridgehead atoms. The predicted octanol–water partition coefficient (Wildman–Crippen LogP) is 4.03. The monoisotopic (exact) mass is 362 g/mol. The summed E-state index contributed by atoms with van der Waals surface area (Å²) in [5.74, 6) is -0.526. The minimum Gasteiger partial charge on any atom is -0.351 e. The Kier molecular flexibility index (Phi) is 4.78. The van der Waals surface area contributed by atoms with Crippen LogP contribution < -0.4 is 10.6 Å².